The average Bonchev–Trinajstić information content (AvgIpc) is 2.10. The number of carbonyl (C=O) groups excluding carboxylic acids is 1. The van der Waals surface area contributed by atoms with Crippen LogP contribution in [0.25, 0.3) is 0 Å². The first-order valence-electron chi connectivity index (χ1n) is 6.34. The highest BCUT2D eigenvalue weighted by molar-refractivity contribution is 5.83. The zero-order valence-corrected chi connectivity index (χ0v) is 11.0. The maximum absolute atomic E-state index is 11.9. The van der Waals surface area contributed by atoms with Gasteiger partial charge in [-0.25, -0.2) is 0 Å². The van der Waals surface area contributed by atoms with Gasteiger partial charge in [0.25, 0.3) is 0 Å². The zero-order chi connectivity index (χ0) is 11.6. The summed E-state index contributed by atoms with van der Waals surface area (Å²) in [5, 5.41) is 0. The predicted octanol–water partition coefficient (Wildman–Crippen LogP) is 4.06. The summed E-state index contributed by atoms with van der Waals surface area (Å²) in [6.07, 6.45) is 4.63. The van der Waals surface area contributed by atoms with Crippen molar-refractivity contribution in [3.8, 4) is 0 Å². The molecule has 1 aliphatic carbocycles. The standard InChI is InChI=1S/C14H26O/c1-10-6-7-12(8-11(10)2)9-13(15)14(3,4)5/h10-12H,6-9H2,1-5H3. The Balaban J connectivity index is 2.44. The fourth-order valence-corrected chi connectivity index (χ4v) is 2.41. The molecule has 0 spiro atoms. The summed E-state index contributed by atoms with van der Waals surface area (Å²) in [4.78, 5) is 11.9. The molecule has 3 atom stereocenters. The van der Waals surface area contributed by atoms with Crippen molar-refractivity contribution in [1.82, 2.24) is 0 Å². The second-order valence-electron chi connectivity index (χ2n) is 6.51. The van der Waals surface area contributed by atoms with Crippen LogP contribution < -0.4 is 0 Å². The number of carbonyl (C=O) groups is 1. The highest BCUT2D eigenvalue weighted by atomic mass is 16.1. The molecule has 1 rings (SSSR count). The van der Waals surface area contributed by atoms with E-state index < -0.39 is 0 Å². The minimum absolute atomic E-state index is 0.147. The highest BCUT2D eigenvalue weighted by Gasteiger charge is 2.29. The third-order valence-electron chi connectivity index (χ3n) is 4.02. The van der Waals surface area contributed by atoms with Gasteiger partial charge in [0.05, 0.1) is 0 Å². The molecule has 0 aliphatic heterocycles. The normalized spacial score (nSPS) is 32.7. The maximum atomic E-state index is 11.9. The van der Waals surface area contributed by atoms with Gasteiger partial charge in [0.15, 0.2) is 0 Å². The number of hydrogen-bond donors (Lipinski definition) is 0. The number of Topliss-reactive ketones (excluding diaryl/α,β-unsaturated/α-hetero) is 1. The third-order valence-corrected chi connectivity index (χ3v) is 4.02. The molecule has 0 aromatic rings. The fourth-order valence-electron chi connectivity index (χ4n) is 2.41. The van der Waals surface area contributed by atoms with Gasteiger partial charge < -0.3 is 0 Å². The molecule has 0 saturated heterocycles. The Hall–Kier alpha value is -0.330. The molecule has 0 bridgehead atoms. The van der Waals surface area contributed by atoms with E-state index >= 15 is 0 Å². The minimum Gasteiger partial charge on any atom is -0.299 e. The Bertz CT molecular complexity index is 224. The quantitative estimate of drug-likeness (QED) is 0.671. The van der Waals surface area contributed by atoms with Gasteiger partial charge >= 0.3 is 0 Å². The van der Waals surface area contributed by atoms with Crippen LogP contribution >= 0.6 is 0 Å². The summed E-state index contributed by atoms with van der Waals surface area (Å²) in [5.41, 5.74) is -0.147. The van der Waals surface area contributed by atoms with Gasteiger partial charge in [-0.3, -0.25) is 4.79 Å². The van der Waals surface area contributed by atoms with E-state index in [-0.39, 0.29) is 5.41 Å². The van der Waals surface area contributed by atoms with Crippen molar-refractivity contribution in [2.24, 2.45) is 23.2 Å². The van der Waals surface area contributed by atoms with Crippen molar-refractivity contribution in [2.45, 2.75) is 60.3 Å². The van der Waals surface area contributed by atoms with Crippen molar-refractivity contribution < 1.29 is 4.79 Å². The van der Waals surface area contributed by atoms with Crippen LogP contribution in [0.2, 0.25) is 0 Å². The number of hydrogen-bond acceptors (Lipinski definition) is 1. The van der Waals surface area contributed by atoms with E-state index in [2.05, 4.69) is 13.8 Å². The Kier molecular flexibility index (Phi) is 3.97. The van der Waals surface area contributed by atoms with Gasteiger partial charge in [0.2, 0.25) is 0 Å². The second kappa shape index (κ2) is 4.67. The molecule has 0 aromatic heterocycles. The number of ketones is 1. The average molecular weight is 210 g/mol. The Morgan fingerprint density at radius 2 is 1.73 bits per heavy atom. The molecule has 1 heteroatoms. The van der Waals surface area contributed by atoms with E-state index in [1.807, 2.05) is 20.8 Å². The van der Waals surface area contributed by atoms with E-state index in [0.717, 1.165) is 18.3 Å². The van der Waals surface area contributed by atoms with Crippen LogP contribution in [0.4, 0.5) is 0 Å². The van der Waals surface area contributed by atoms with E-state index in [1.165, 1.54) is 19.3 Å². The van der Waals surface area contributed by atoms with Crippen LogP contribution in [0.5, 0.6) is 0 Å². The molecular formula is C14H26O. The summed E-state index contributed by atoms with van der Waals surface area (Å²) >= 11 is 0. The van der Waals surface area contributed by atoms with Crippen molar-refractivity contribution in [1.29, 1.82) is 0 Å². The molecule has 0 heterocycles. The molecule has 1 fully saturated rings. The van der Waals surface area contributed by atoms with E-state index in [9.17, 15) is 4.79 Å². The first kappa shape index (κ1) is 12.7. The van der Waals surface area contributed by atoms with E-state index in [4.69, 9.17) is 0 Å². The summed E-state index contributed by atoms with van der Waals surface area (Å²) in [5.74, 6) is 2.75. The molecule has 0 N–H and O–H groups in total. The van der Waals surface area contributed by atoms with Gasteiger partial charge in [-0.2, -0.15) is 0 Å². The van der Waals surface area contributed by atoms with Crippen molar-refractivity contribution in [3.05, 3.63) is 0 Å². The maximum Gasteiger partial charge on any atom is 0.138 e. The van der Waals surface area contributed by atoms with Crippen LogP contribution in [-0.4, -0.2) is 5.78 Å². The molecule has 0 aromatic carbocycles. The summed E-state index contributed by atoms with van der Waals surface area (Å²) in [6.45, 7) is 10.8. The van der Waals surface area contributed by atoms with Crippen molar-refractivity contribution in [2.75, 3.05) is 0 Å². The molecule has 15 heavy (non-hydrogen) atoms. The molecule has 0 amide bonds. The largest absolute Gasteiger partial charge is 0.299 e. The number of rotatable bonds is 2. The van der Waals surface area contributed by atoms with Crippen LogP contribution in [0.15, 0.2) is 0 Å². The third kappa shape index (κ3) is 3.62. The molecule has 1 nitrogen and oxygen atoms in total. The van der Waals surface area contributed by atoms with Crippen LogP contribution in [0.1, 0.15) is 60.3 Å². The molecule has 0 radical (unpaired) electrons. The smallest absolute Gasteiger partial charge is 0.138 e. The molecular weight excluding hydrogens is 184 g/mol. The van der Waals surface area contributed by atoms with Crippen LogP contribution in [0.3, 0.4) is 0 Å². The van der Waals surface area contributed by atoms with Crippen LogP contribution in [-0.2, 0) is 4.79 Å². The molecule has 1 aliphatic rings. The second-order valence-corrected chi connectivity index (χ2v) is 6.51. The molecule has 3 unspecified atom stereocenters. The van der Waals surface area contributed by atoms with Gasteiger partial charge in [0.1, 0.15) is 5.78 Å². The molecule has 1 saturated carbocycles. The lowest BCUT2D eigenvalue weighted by atomic mass is 9.72. The fraction of sp³-hybridized carbons (Fsp3) is 0.929. The first-order chi connectivity index (χ1) is 6.80. The summed E-state index contributed by atoms with van der Waals surface area (Å²) < 4.78 is 0. The van der Waals surface area contributed by atoms with Crippen molar-refractivity contribution in [3.63, 3.8) is 0 Å². The summed E-state index contributed by atoms with van der Waals surface area (Å²) in [6, 6.07) is 0. The van der Waals surface area contributed by atoms with Gasteiger partial charge in [-0.15, -0.1) is 0 Å². The minimum atomic E-state index is -0.147. The Labute approximate surface area is 94.6 Å². The van der Waals surface area contributed by atoms with E-state index in [0.29, 0.717) is 11.7 Å². The molecule has 88 valence electrons. The topological polar surface area (TPSA) is 17.1 Å². The van der Waals surface area contributed by atoms with Gasteiger partial charge in [0, 0.05) is 11.8 Å². The lowest BCUT2D eigenvalue weighted by Gasteiger charge is -2.32. The van der Waals surface area contributed by atoms with Gasteiger partial charge in [-0.1, -0.05) is 41.0 Å². The Morgan fingerprint density at radius 1 is 1.13 bits per heavy atom. The van der Waals surface area contributed by atoms with Gasteiger partial charge in [-0.05, 0) is 30.6 Å². The first-order valence-corrected chi connectivity index (χ1v) is 6.34. The van der Waals surface area contributed by atoms with E-state index in [1.54, 1.807) is 0 Å². The van der Waals surface area contributed by atoms with Crippen molar-refractivity contribution >= 4 is 5.78 Å². The zero-order valence-electron chi connectivity index (χ0n) is 11.0. The predicted molar refractivity (Wildman–Crippen MR) is 64.7 cm³/mol. The lowest BCUT2D eigenvalue weighted by molar-refractivity contribution is -0.127. The summed E-state index contributed by atoms with van der Waals surface area (Å²) in [7, 11) is 0. The highest BCUT2D eigenvalue weighted by Crippen LogP contribution is 2.36. The van der Waals surface area contributed by atoms with Crippen LogP contribution in [0, 0.1) is 23.2 Å². The monoisotopic (exact) mass is 210 g/mol. The Morgan fingerprint density at radius 3 is 2.20 bits per heavy atom. The SMILES string of the molecule is CC1CCC(CC(=O)C(C)(C)C)CC1C. The lowest BCUT2D eigenvalue weighted by Crippen LogP contribution is -2.27.